The molecule has 5 aliphatic heterocycles. The first-order valence-corrected chi connectivity index (χ1v) is 23.6. The quantitative estimate of drug-likeness (QED) is 0.170. The smallest absolute Gasteiger partial charge is 0.258 e. The average Bonchev–Trinajstić information content (AvgIpc) is 4.00. The summed E-state index contributed by atoms with van der Waals surface area (Å²) in [6, 6.07) is 9.75. The van der Waals surface area contributed by atoms with Gasteiger partial charge in [-0.3, -0.25) is 19.2 Å². The first kappa shape index (κ1) is 43.7. The molecule has 66 heavy (non-hydrogen) atoms. The number of hydrogen-bond acceptors (Lipinski definition) is 14. The summed E-state index contributed by atoms with van der Waals surface area (Å²) >= 11 is 0. The van der Waals surface area contributed by atoms with E-state index in [1.807, 2.05) is 29.6 Å². The molecule has 17 nitrogen and oxygen atoms in total. The molecule has 5 aliphatic rings. The predicted molar refractivity (Wildman–Crippen MR) is 248 cm³/mol. The molecule has 4 N–H and O–H groups in total. The van der Waals surface area contributed by atoms with Crippen LogP contribution < -0.4 is 10.6 Å². The van der Waals surface area contributed by atoms with Crippen molar-refractivity contribution in [3.8, 4) is 22.9 Å². The van der Waals surface area contributed by atoms with Gasteiger partial charge in [0, 0.05) is 89.1 Å². The molecule has 0 saturated carbocycles. The van der Waals surface area contributed by atoms with Crippen LogP contribution >= 0.6 is 0 Å². The number of carbonyl (C=O) groups excluding carboxylic acids is 2. The number of benzene rings is 2. The lowest BCUT2D eigenvalue weighted by Gasteiger charge is -2.37. The highest BCUT2D eigenvalue weighted by molar-refractivity contribution is 5.97. The van der Waals surface area contributed by atoms with Crippen LogP contribution in [0.2, 0.25) is 0 Å². The van der Waals surface area contributed by atoms with Crippen molar-refractivity contribution in [2.75, 3.05) is 76.2 Å². The molecule has 346 valence electrons. The highest BCUT2D eigenvalue weighted by Gasteiger charge is 2.32. The van der Waals surface area contributed by atoms with Gasteiger partial charge in [-0.1, -0.05) is 32.0 Å². The lowest BCUT2D eigenvalue weighted by atomic mass is 9.94. The fourth-order valence-electron chi connectivity index (χ4n) is 10.4. The van der Waals surface area contributed by atoms with E-state index in [2.05, 4.69) is 42.9 Å². The second-order valence-electron chi connectivity index (χ2n) is 19.0. The molecule has 0 atom stereocenters. The minimum absolute atomic E-state index is 0.00878. The number of hydrogen-bond donors (Lipinski definition) is 3. The molecule has 3 fully saturated rings. The van der Waals surface area contributed by atoms with Crippen LogP contribution in [-0.4, -0.2) is 137 Å². The number of rotatable bonds is 10. The lowest BCUT2D eigenvalue weighted by Crippen LogP contribution is -2.41. The topological polar surface area (TPSA) is 195 Å². The summed E-state index contributed by atoms with van der Waals surface area (Å²) < 4.78 is 7.63. The number of aromatic hydroxyl groups is 2. The van der Waals surface area contributed by atoms with Gasteiger partial charge >= 0.3 is 0 Å². The first-order valence-electron chi connectivity index (χ1n) is 23.6. The minimum atomic E-state index is -0.223. The Bertz CT molecular complexity index is 2580. The zero-order valence-electron chi connectivity index (χ0n) is 38.0. The summed E-state index contributed by atoms with van der Waals surface area (Å²) in [5.74, 6) is 1.84. The zero-order valence-corrected chi connectivity index (χ0v) is 38.0. The second-order valence-corrected chi connectivity index (χ2v) is 19.0. The van der Waals surface area contributed by atoms with Gasteiger partial charge in [0.05, 0.1) is 54.4 Å². The van der Waals surface area contributed by atoms with Gasteiger partial charge in [-0.25, -0.2) is 19.9 Å². The third kappa shape index (κ3) is 9.16. The monoisotopic (exact) mass is 896 g/mol. The summed E-state index contributed by atoms with van der Waals surface area (Å²) in [4.78, 5) is 56.8. The van der Waals surface area contributed by atoms with Crippen LogP contribution in [0.4, 0.5) is 11.8 Å². The molecule has 0 bridgehead atoms. The Morgan fingerprint density at radius 3 is 2.30 bits per heavy atom. The maximum atomic E-state index is 14.0. The molecule has 3 aromatic heterocycles. The maximum absolute atomic E-state index is 14.0. The highest BCUT2D eigenvalue weighted by atomic mass is 16.5. The molecule has 2 amide bonds. The number of nitrogens with two attached hydrogens (primary N) is 1. The number of ether oxygens (including phenoxy) is 1. The highest BCUT2D eigenvalue weighted by Crippen LogP contribution is 2.36. The molecular weight excluding hydrogens is 837 g/mol. The van der Waals surface area contributed by atoms with Crippen molar-refractivity contribution in [1.29, 1.82) is 0 Å². The van der Waals surface area contributed by atoms with Gasteiger partial charge in [-0.05, 0) is 85.3 Å². The molecule has 0 unspecified atom stereocenters. The SMILES string of the molecule is CC(C)c1cc(C(=O)N2Cc3ccc(CN4CCC(CN5CCC(n6cc(C(=O)N7CCc8c(nc(-c9cnc(N)nc9)nc8N8CCOCC8)C7)cn6)CC5)CC4)cc3C2)c(O)cc1O. The minimum Gasteiger partial charge on any atom is -0.508 e. The Labute approximate surface area is 385 Å². The predicted octanol–water partition coefficient (Wildman–Crippen LogP) is 4.99. The number of fused-ring (bicyclic) bond motifs is 2. The number of phenols is 2. The fourth-order valence-corrected chi connectivity index (χ4v) is 10.4. The number of anilines is 2. The van der Waals surface area contributed by atoms with E-state index in [0.29, 0.717) is 74.2 Å². The van der Waals surface area contributed by atoms with E-state index in [1.165, 1.54) is 24.5 Å². The molecule has 17 heteroatoms. The van der Waals surface area contributed by atoms with Gasteiger partial charge < -0.3 is 40.3 Å². The number of nitrogens with zero attached hydrogens (tertiary/aromatic N) is 11. The number of aromatic nitrogens is 6. The van der Waals surface area contributed by atoms with E-state index in [1.54, 1.807) is 29.6 Å². The second kappa shape index (κ2) is 18.6. The van der Waals surface area contributed by atoms with Crippen LogP contribution in [0.5, 0.6) is 11.5 Å². The van der Waals surface area contributed by atoms with Crippen LogP contribution in [0.25, 0.3) is 11.4 Å². The molecule has 3 saturated heterocycles. The molecule has 0 radical (unpaired) electrons. The molecule has 10 rings (SSSR count). The van der Waals surface area contributed by atoms with E-state index >= 15 is 0 Å². The van der Waals surface area contributed by atoms with E-state index in [9.17, 15) is 19.8 Å². The number of carbonyl (C=O) groups is 2. The van der Waals surface area contributed by atoms with Crippen molar-refractivity contribution in [3.63, 3.8) is 0 Å². The number of piperidine rings is 2. The van der Waals surface area contributed by atoms with Gasteiger partial charge in [0.2, 0.25) is 5.95 Å². The Kier molecular flexibility index (Phi) is 12.3. The van der Waals surface area contributed by atoms with E-state index in [-0.39, 0.29) is 46.8 Å². The van der Waals surface area contributed by atoms with Crippen molar-refractivity contribution in [2.24, 2.45) is 5.92 Å². The van der Waals surface area contributed by atoms with Crippen molar-refractivity contribution >= 4 is 23.6 Å². The first-order chi connectivity index (χ1) is 32.0. The van der Waals surface area contributed by atoms with E-state index < -0.39 is 0 Å². The number of morpholine rings is 1. The summed E-state index contributed by atoms with van der Waals surface area (Å²) in [6.45, 7) is 14.8. The standard InChI is InChI=1S/C49H60N12O5/c1-31(2)40-20-41(44(63)21-43(40)62)48(65)60-27-34-4-3-33(19-35(34)28-60)26-56-10-5-32(6-11-56)25-57-12-7-38(8-13-57)61-29-37(24-53-61)47(64)59-14-9-39-42(30-59)54-45(36-22-51-49(50)52-23-36)55-46(39)58-15-17-66-18-16-58/h3-4,19-24,29,31-32,38,62-63H,5-18,25-28,30H2,1-2H3,(H2,50,51,52). The molecule has 8 heterocycles. The Hall–Kier alpha value is -6.17. The molecule has 2 aromatic carbocycles. The summed E-state index contributed by atoms with van der Waals surface area (Å²) in [5.41, 5.74) is 13.4. The van der Waals surface area contributed by atoms with Gasteiger partial charge in [0.25, 0.3) is 11.8 Å². The van der Waals surface area contributed by atoms with Crippen LogP contribution in [0, 0.1) is 5.92 Å². The third-order valence-corrected chi connectivity index (χ3v) is 14.3. The Morgan fingerprint density at radius 1 is 0.803 bits per heavy atom. The van der Waals surface area contributed by atoms with Crippen molar-refractivity contribution in [3.05, 3.63) is 99.8 Å². The summed E-state index contributed by atoms with van der Waals surface area (Å²) in [6.07, 6.45) is 11.9. The van der Waals surface area contributed by atoms with Gasteiger partial charge in [-0.2, -0.15) is 5.10 Å². The van der Waals surface area contributed by atoms with Crippen LogP contribution in [0.1, 0.15) is 106 Å². The Balaban J connectivity index is 0.690. The van der Waals surface area contributed by atoms with Crippen molar-refractivity contribution < 1.29 is 24.5 Å². The summed E-state index contributed by atoms with van der Waals surface area (Å²) in [7, 11) is 0. The molecule has 0 aliphatic carbocycles. The summed E-state index contributed by atoms with van der Waals surface area (Å²) in [5, 5.41) is 25.5. The average molecular weight is 897 g/mol. The van der Waals surface area contributed by atoms with Crippen LogP contribution in [-0.2, 0) is 37.3 Å². The molecule has 5 aromatic rings. The Morgan fingerprint density at radius 2 is 1.55 bits per heavy atom. The maximum Gasteiger partial charge on any atom is 0.258 e. The van der Waals surface area contributed by atoms with Gasteiger partial charge in [0.1, 0.15) is 17.3 Å². The van der Waals surface area contributed by atoms with E-state index in [4.69, 9.17) is 25.5 Å². The van der Waals surface area contributed by atoms with Crippen LogP contribution in [0.3, 0.4) is 0 Å². The van der Waals surface area contributed by atoms with Gasteiger partial charge in [-0.15, -0.1) is 0 Å². The molecular formula is C49H60N12O5. The van der Waals surface area contributed by atoms with Gasteiger partial charge in [0.15, 0.2) is 5.82 Å². The number of amides is 2. The van der Waals surface area contributed by atoms with Crippen molar-refractivity contribution in [1.82, 2.24) is 49.3 Å². The number of nitrogen functional groups attached to an aromatic ring is 1. The molecule has 0 spiro atoms. The number of likely N-dealkylation sites (tertiary alicyclic amines) is 2. The third-order valence-electron chi connectivity index (χ3n) is 14.3. The lowest BCUT2D eigenvalue weighted by molar-refractivity contribution is 0.0728. The van der Waals surface area contributed by atoms with Crippen molar-refractivity contribution in [2.45, 2.75) is 84.1 Å². The largest absolute Gasteiger partial charge is 0.508 e. The number of phenolic OH excluding ortho intramolecular Hbond substituents is 2. The van der Waals surface area contributed by atoms with Crippen LogP contribution in [0.15, 0.2) is 55.1 Å². The zero-order chi connectivity index (χ0) is 45.5. The normalized spacial score (nSPS) is 18.8. The van der Waals surface area contributed by atoms with E-state index in [0.717, 1.165) is 93.4 Å². The fraction of sp³-hybridized carbons (Fsp3) is 0.490.